The maximum Gasteiger partial charge on any atom is 3.00 e. The first-order valence-electron chi connectivity index (χ1n) is 8.44. The molecule has 2 rings (SSSR count). The van der Waals surface area contributed by atoms with Crippen LogP contribution in [0.4, 0.5) is 0 Å². The van der Waals surface area contributed by atoms with Crippen LogP contribution >= 0.6 is 0 Å². The van der Waals surface area contributed by atoms with Gasteiger partial charge >= 0.3 is 43.4 Å². The molecule has 2 aromatic carbocycles. The van der Waals surface area contributed by atoms with Crippen LogP contribution in [0, 0.1) is 37.8 Å². The molecule has 1 nitrogen and oxygen atoms in total. The molecule has 150 valence electrons. The normalized spacial score (nSPS) is 6.22. The van der Waals surface area contributed by atoms with Gasteiger partial charge in [-0.1, -0.05) is 0 Å². The molecule has 0 aliphatic carbocycles. The van der Waals surface area contributed by atoms with E-state index in [0.29, 0.717) is 0 Å². The topological polar surface area (TPSA) is 31.5 Å². The summed E-state index contributed by atoms with van der Waals surface area (Å²) in [5, 5.41) is 0. The van der Waals surface area contributed by atoms with Crippen molar-refractivity contribution in [1.29, 1.82) is 0 Å². The fourth-order valence-electron chi connectivity index (χ4n) is 0.684. The molecule has 27 heavy (non-hydrogen) atoms. The van der Waals surface area contributed by atoms with Crippen LogP contribution in [0.25, 0.3) is 0 Å². The van der Waals surface area contributed by atoms with Crippen molar-refractivity contribution in [1.82, 2.24) is 0 Å². The number of hydrogen-bond acceptors (Lipinski definition) is 0. The average molecular weight is 440 g/mol. The molecule has 0 aromatic heterocycles. The number of hydrogen-bond donors (Lipinski definition) is 0. The molecule has 0 bridgehead atoms. The molecule has 0 fully saturated rings. The van der Waals surface area contributed by atoms with Gasteiger partial charge in [0.1, 0.15) is 0 Å². The van der Waals surface area contributed by atoms with Crippen LogP contribution in [0.1, 0.15) is 55.4 Å². The van der Waals surface area contributed by atoms with E-state index in [1.54, 1.807) is 0 Å². The van der Waals surface area contributed by atoms with Gasteiger partial charge in [0.2, 0.25) is 0 Å². The van der Waals surface area contributed by atoms with Crippen LogP contribution < -0.4 is 0 Å². The van der Waals surface area contributed by atoms with Crippen molar-refractivity contribution in [3.05, 3.63) is 98.5 Å². The molecule has 3 heteroatoms. The largest absolute Gasteiger partial charge is 3.00 e. The summed E-state index contributed by atoms with van der Waals surface area (Å²) in [6.45, 7) is 16.0. The van der Waals surface area contributed by atoms with E-state index in [9.17, 15) is 0 Å². The first-order chi connectivity index (χ1) is 11.7. The van der Waals surface area contributed by atoms with Crippen LogP contribution in [0.2, 0.25) is 0 Å². The molecule has 2 radical (unpaired) electrons. The van der Waals surface area contributed by atoms with Gasteiger partial charge < -0.3 is 31.2 Å². The predicted octanol–water partition coefficient (Wildman–Crippen LogP) is 7.07. The summed E-state index contributed by atoms with van der Waals surface area (Å²) in [6, 6.07) is 25.0. The van der Waals surface area contributed by atoms with Gasteiger partial charge in [0, 0.05) is 0 Å². The van der Waals surface area contributed by atoms with Crippen molar-refractivity contribution in [3.63, 3.8) is 0 Å². The van der Waals surface area contributed by atoms with Gasteiger partial charge in [-0.05, 0) is 0 Å². The maximum absolute atomic E-state index is 2.89. The second-order valence-electron chi connectivity index (χ2n) is 4.46. The Balaban J connectivity index is -0.0000000362. The molecule has 0 amide bonds. The third-order valence-corrected chi connectivity index (χ3v) is 1.21. The summed E-state index contributed by atoms with van der Waals surface area (Å²) in [4.78, 5) is 0. The number of rotatable bonds is 0. The van der Waals surface area contributed by atoms with Crippen LogP contribution in [0.3, 0.4) is 0 Å². The van der Waals surface area contributed by atoms with E-state index in [0.717, 1.165) is 0 Å². The van der Waals surface area contributed by atoms with Gasteiger partial charge in [-0.3, -0.25) is 0 Å². The van der Waals surface area contributed by atoms with Crippen molar-refractivity contribution in [2.75, 3.05) is 0 Å². The molecule has 0 aliphatic heterocycles. The van der Waals surface area contributed by atoms with Crippen molar-refractivity contribution in [2.45, 2.75) is 55.4 Å². The monoisotopic (exact) mass is 440 g/mol. The zero-order chi connectivity index (χ0) is 19.3. The molecule has 0 atom stereocenters. The fraction of sp³-hybridized carbons (Fsp3) is 0.333. The average Bonchev–Trinajstić information content (AvgIpc) is 2.61. The summed E-state index contributed by atoms with van der Waals surface area (Å²) >= 11 is 0. The first kappa shape index (κ1) is 45.5. The molecular weight excluding hydrogens is 400 g/mol. The van der Waals surface area contributed by atoms with Crippen molar-refractivity contribution < 1.29 is 48.9 Å². The molecule has 0 saturated carbocycles. The Hall–Kier alpha value is -0.171. The molecule has 0 aliphatic rings. The van der Waals surface area contributed by atoms with E-state index >= 15 is 0 Å². The van der Waals surface area contributed by atoms with E-state index in [-0.39, 0.29) is 48.9 Å². The minimum absolute atomic E-state index is 0. The van der Waals surface area contributed by atoms with E-state index in [1.165, 1.54) is 0 Å². The molecule has 2 N–H and O–H groups in total. The standard InChI is InChI=1S/2C6H5.4C3H7.H2O.2Ti/c2*1-2-4-6-5-3-1;4*1-3-2;;;/h2*1-5H;4*3H,1-2H3;1H2;;/q6*-1;;2*+3. The van der Waals surface area contributed by atoms with Crippen LogP contribution in [0.15, 0.2) is 60.7 Å². The van der Waals surface area contributed by atoms with E-state index in [4.69, 9.17) is 0 Å². The Kier molecular flexibility index (Phi) is 107. The first-order valence-corrected chi connectivity index (χ1v) is 8.44. The Morgan fingerprint density at radius 3 is 0.593 bits per heavy atom. The summed E-state index contributed by atoms with van der Waals surface area (Å²) in [7, 11) is 0. The quantitative estimate of drug-likeness (QED) is 0.310. The second kappa shape index (κ2) is 63.6. The second-order valence-corrected chi connectivity index (χ2v) is 4.46. The summed E-state index contributed by atoms with van der Waals surface area (Å²) in [6.07, 6.45) is 8.00. The molecule has 0 unspecified atom stereocenters. The molecule has 0 saturated heterocycles. The van der Waals surface area contributed by atoms with Gasteiger partial charge in [0.25, 0.3) is 0 Å². The van der Waals surface area contributed by atoms with Gasteiger partial charge in [-0.25, -0.2) is 0 Å². The fourth-order valence-corrected chi connectivity index (χ4v) is 0.684. The predicted molar refractivity (Wildman–Crippen MR) is 117 cm³/mol. The minimum atomic E-state index is 0. The summed E-state index contributed by atoms with van der Waals surface area (Å²) in [5.74, 6) is 0. The van der Waals surface area contributed by atoms with E-state index in [2.05, 4.69) is 12.1 Å². The van der Waals surface area contributed by atoms with Gasteiger partial charge in [0.05, 0.1) is 0 Å². The van der Waals surface area contributed by atoms with Crippen LogP contribution in [-0.4, -0.2) is 5.48 Å². The Labute approximate surface area is 201 Å². The summed E-state index contributed by atoms with van der Waals surface area (Å²) < 4.78 is 0. The third-order valence-electron chi connectivity index (χ3n) is 1.21. The van der Waals surface area contributed by atoms with Crippen molar-refractivity contribution >= 4 is 0 Å². The Bertz CT molecular complexity index is 236. The van der Waals surface area contributed by atoms with Gasteiger partial charge in [-0.2, -0.15) is 128 Å². The minimum Gasteiger partial charge on any atom is -0.412 e. The summed E-state index contributed by atoms with van der Waals surface area (Å²) in [5.41, 5.74) is 0. The molecule has 0 spiro atoms. The van der Waals surface area contributed by atoms with Gasteiger partial charge in [0.15, 0.2) is 0 Å². The molecule has 2 aromatic rings. The number of benzene rings is 2. The Morgan fingerprint density at radius 1 is 0.407 bits per heavy atom. The zero-order valence-electron chi connectivity index (χ0n) is 18.6. The van der Waals surface area contributed by atoms with E-state index in [1.807, 2.05) is 142 Å². The maximum atomic E-state index is 2.89. The SMILES string of the molecule is C[CH-]C.C[CH-]C.C[CH-]C.C[CH-]C.O.[Ti+3].[Ti+3].[c-]1ccccc1.[c-]1ccccc1. The van der Waals surface area contributed by atoms with Crippen LogP contribution in [0.5, 0.6) is 0 Å². The van der Waals surface area contributed by atoms with Gasteiger partial charge in [-0.15, -0.1) is 0 Å². The van der Waals surface area contributed by atoms with Crippen molar-refractivity contribution in [2.24, 2.45) is 0 Å². The van der Waals surface area contributed by atoms with Crippen LogP contribution in [-0.2, 0) is 43.4 Å². The Morgan fingerprint density at radius 2 is 0.556 bits per heavy atom. The van der Waals surface area contributed by atoms with Crippen molar-refractivity contribution in [3.8, 4) is 0 Å². The smallest absolute Gasteiger partial charge is 0.412 e. The van der Waals surface area contributed by atoms with E-state index < -0.39 is 0 Å². The third kappa shape index (κ3) is 105. The molecule has 0 heterocycles. The molecular formula is C24H40OTi2. The zero-order valence-corrected chi connectivity index (χ0v) is 21.7.